The number of rotatable bonds is 3. The summed E-state index contributed by atoms with van der Waals surface area (Å²) in [6.07, 6.45) is 4.16. The molecular formula is C21H26N2O2S. The van der Waals surface area contributed by atoms with Gasteiger partial charge in [-0.2, -0.15) is 0 Å². The fourth-order valence-corrected chi connectivity index (χ4v) is 4.79. The maximum Gasteiger partial charge on any atom is 0.293 e. The van der Waals surface area contributed by atoms with Crippen LogP contribution in [0, 0.1) is 6.92 Å². The summed E-state index contributed by atoms with van der Waals surface area (Å²) < 4.78 is 0. The van der Waals surface area contributed by atoms with Crippen LogP contribution in [0.5, 0.6) is 0 Å². The number of amides is 2. The third-order valence-electron chi connectivity index (χ3n) is 5.16. The molecule has 0 N–H and O–H groups in total. The Bertz CT molecular complexity index is 852. The van der Waals surface area contributed by atoms with Crippen molar-refractivity contribution in [2.45, 2.75) is 47.1 Å². The van der Waals surface area contributed by atoms with Crippen molar-refractivity contribution in [1.82, 2.24) is 4.90 Å². The predicted octanol–water partition coefficient (Wildman–Crippen LogP) is 5.07. The molecule has 138 valence electrons. The number of nitrogens with zero attached hydrogens (tertiary/aromatic N) is 2. The quantitative estimate of drug-likeness (QED) is 0.696. The van der Waals surface area contributed by atoms with E-state index in [-0.39, 0.29) is 16.7 Å². The lowest BCUT2D eigenvalue weighted by molar-refractivity contribution is -0.122. The Kier molecular flexibility index (Phi) is 4.78. The molecule has 2 amide bonds. The van der Waals surface area contributed by atoms with Crippen LogP contribution >= 0.6 is 11.8 Å². The maximum atomic E-state index is 12.4. The lowest BCUT2D eigenvalue weighted by atomic mass is 9.87. The van der Waals surface area contributed by atoms with Crippen LogP contribution in [0.1, 0.15) is 51.3 Å². The molecule has 1 saturated heterocycles. The number of hydrogen-bond donors (Lipinski definition) is 0. The average molecular weight is 371 g/mol. The van der Waals surface area contributed by atoms with E-state index in [9.17, 15) is 9.59 Å². The zero-order chi connectivity index (χ0) is 19.2. The van der Waals surface area contributed by atoms with Gasteiger partial charge in [-0.1, -0.05) is 6.08 Å². The summed E-state index contributed by atoms with van der Waals surface area (Å²) in [5, 5.41) is -0.186. The van der Waals surface area contributed by atoms with E-state index < -0.39 is 0 Å². The van der Waals surface area contributed by atoms with Crippen LogP contribution in [0.4, 0.5) is 10.5 Å². The van der Waals surface area contributed by atoms with Crippen LogP contribution in [-0.4, -0.2) is 34.7 Å². The Morgan fingerprint density at radius 1 is 1.12 bits per heavy atom. The number of allylic oxidation sites excluding steroid dienone is 1. The van der Waals surface area contributed by atoms with Gasteiger partial charge in [-0.3, -0.25) is 14.5 Å². The molecule has 0 bridgehead atoms. The molecule has 0 saturated carbocycles. The minimum absolute atomic E-state index is 0.0242. The van der Waals surface area contributed by atoms with Gasteiger partial charge in [0, 0.05) is 24.3 Å². The number of carbonyl (C=O) groups excluding carboxylic acids is 2. The standard InChI is InChI=1S/C21H26N2O2S/c1-7-22-19(24)18(26-20(22)25)11-15-10-16-14(4)12-21(5,6)23(8-2)17(16)9-13(15)3/h9-12H,7-8H2,1-6H3/b18-11+. The molecule has 0 spiro atoms. The van der Waals surface area contributed by atoms with Crippen LogP contribution in [0.15, 0.2) is 23.1 Å². The molecule has 1 fully saturated rings. The summed E-state index contributed by atoms with van der Waals surface area (Å²) in [5.41, 5.74) is 5.74. The molecule has 0 atom stereocenters. The van der Waals surface area contributed by atoms with Crippen LogP contribution in [0.3, 0.4) is 0 Å². The van der Waals surface area contributed by atoms with Crippen LogP contribution in [0.25, 0.3) is 11.6 Å². The molecule has 0 radical (unpaired) electrons. The monoisotopic (exact) mass is 370 g/mol. The van der Waals surface area contributed by atoms with Gasteiger partial charge < -0.3 is 4.90 Å². The second-order valence-electron chi connectivity index (χ2n) is 7.38. The van der Waals surface area contributed by atoms with Gasteiger partial charge in [0.25, 0.3) is 11.1 Å². The molecule has 0 aromatic heterocycles. The van der Waals surface area contributed by atoms with E-state index in [0.717, 1.165) is 29.4 Å². The fourth-order valence-electron chi connectivity index (χ4n) is 3.89. The average Bonchev–Trinajstić information content (AvgIpc) is 2.81. The highest BCUT2D eigenvalue weighted by Crippen LogP contribution is 2.41. The lowest BCUT2D eigenvalue weighted by Gasteiger charge is -2.43. The number of benzene rings is 1. The van der Waals surface area contributed by atoms with E-state index in [2.05, 4.69) is 57.7 Å². The number of carbonyl (C=O) groups is 2. The summed E-state index contributed by atoms with van der Waals surface area (Å²) in [7, 11) is 0. The summed E-state index contributed by atoms with van der Waals surface area (Å²) >= 11 is 1.03. The summed E-state index contributed by atoms with van der Waals surface area (Å²) in [4.78, 5) is 28.5. The van der Waals surface area contributed by atoms with Crippen molar-refractivity contribution in [1.29, 1.82) is 0 Å². The van der Waals surface area contributed by atoms with Gasteiger partial charge in [0.05, 0.1) is 10.4 Å². The molecule has 2 heterocycles. The van der Waals surface area contributed by atoms with Crippen molar-refractivity contribution in [3.63, 3.8) is 0 Å². The highest BCUT2D eigenvalue weighted by molar-refractivity contribution is 8.18. The van der Waals surface area contributed by atoms with E-state index in [4.69, 9.17) is 0 Å². The van der Waals surface area contributed by atoms with Crippen LogP contribution in [0.2, 0.25) is 0 Å². The highest BCUT2D eigenvalue weighted by atomic mass is 32.2. The van der Waals surface area contributed by atoms with E-state index in [1.165, 1.54) is 21.7 Å². The molecule has 26 heavy (non-hydrogen) atoms. The molecule has 3 rings (SSSR count). The highest BCUT2D eigenvalue weighted by Gasteiger charge is 2.34. The number of fused-ring (bicyclic) bond motifs is 1. The fraction of sp³-hybridized carbons (Fsp3) is 0.429. The molecule has 0 unspecified atom stereocenters. The van der Waals surface area contributed by atoms with Crippen molar-refractivity contribution in [3.8, 4) is 0 Å². The number of thioether (sulfide) groups is 1. The number of aryl methyl sites for hydroxylation is 1. The van der Waals surface area contributed by atoms with Crippen molar-refractivity contribution in [3.05, 3.63) is 39.8 Å². The Morgan fingerprint density at radius 2 is 1.81 bits per heavy atom. The molecule has 1 aromatic rings. The largest absolute Gasteiger partial charge is 0.363 e. The third-order valence-corrected chi connectivity index (χ3v) is 6.07. The first-order valence-corrected chi connectivity index (χ1v) is 9.88. The molecular weight excluding hydrogens is 344 g/mol. The second kappa shape index (κ2) is 6.62. The summed E-state index contributed by atoms with van der Waals surface area (Å²) in [6, 6.07) is 4.35. The summed E-state index contributed by atoms with van der Waals surface area (Å²) in [5.74, 6) is -0.191. The van der Waals surface area contributed by atoms with Gasteiger partial charge in [-0.15, -0.1) is 0 Å². The normalized spacial score (nSPS) is 20.7. The van der Waals surface area contributed by atoms with E-state index in [0.29, 0.717) is 11.4 Å². The zero-order valence-electron chi connectivity index (χ0n) is 16.3. The Morgan fingerprint density at radius 3 is 2.38 bits per heavy atom. The minimum Gasteiger partial charge on any atom is -0.363 e. The van der Waals surface area contributed by atoms with Gasteiger partial charge in [0.2, 0.25) is 0 Å². The maximum absolute atomic E-state index is 12.4. The van der Waals surface area contributed by atoms with Crippen LogP contribution < -0.4 is 4.90 Å². The summed E-state index contributed by atoms with van der Waals surface area (Å²) in [6.45, 7) is 14.0. The number of anilines is 1. The lowest BCUT2D eigenvalue weighted by Crippen LogP contribution is -2.44. The second-order valence-corrected chi connectivity index (χ2v) is 8.37. The van der Waals surface area contributed by atoms with Gasteiger partial charge >= 0.3 is 0 Å². The third kappa shape index (κ3) is 2.98. The van der Waals surface area contributed by atoms with Crippen molar-refractivity contribution >= 4 is 40.2 Å². The number of likely N-dealkylation sites (N-methyl/N-ethyl adjacent to an activating group) is 2. The SMILES string of the molecule is CCN1C(=O)S/C(=C/c2cc3c(cc2C)N(CC)C(C)(C)C=C3C)C1=O. The van der Waals surface area contributed by atoms with Gasteiger partial charge in [-0.05, 0) is 88.2 Å². The smallest absolute Gasteiger partial charge is 0.293 e. The number of imide groups is 1. The molecule has 5 heteroatoms. The first-order valence-electron chi connectivity index (χ1n) is 9.07. The van der Waals surface area contributed by atoms with E-state index in [1.807, 2.05) is 13.0 Å². The zero-order valence-corrected chi connectivity index (χ0v) is 17.2. The molecule has 0 aliphatic carbocycles. The van der Waals surface area contributed by atoms with Crippen molar-refractivity contribution in [2.75, 3.05) is 18.0 Å². The topological polar surface area (TPSA) is 40.6 Å². The Hall–Kier alpha value is -2.01. The first-order chi connectivity index (χ1) is 12.2. The van der Waals surface area contributed by atoms with Gasteiger partial charge in [0.15, 0.2) is 0 Å². The van der Waals surface area contributed by atoms with Gasteiger partial charge in [0.1, 0.15) is 0 Å². The van der Waals surface area contributed by atoms with Crippen LogP contribution in [-0.2, 0) is 4.79 Å². The van der Waals surface area contributed by atoms with E-state index >= 15 is 0 Å². The molecule has 1 aromatic carbocycles. The first kappa shape index (κ1) is 18.8. The molecule has 2 aliphatic rings. The van der Waals surface area contributed by atoms with Crippen molar-refractivity contribution in [2.24, 2.45) is 0 Å². The van der Waals surface area contributed by atoms with E-state index in [1.54, 1.807) is 0 Å². The predicted molar refractivity (Wildman–Crippen MR) is 110 cm³/mol. The van der Waals surface area contributed by atoms with Crippen molar-refractivity contribution < 1.29 is 9.59 Å². The number of hydrogen-bond acceptors (Lipinski definition) is 4. The van der Waals surface area contributed by atoms with Gasteiger partial charge in [-0.25, -0.2) is 0 Å². The Balaban J connectivity index is 2.08. The minimum atomic E-state index is -0.191. The molecule has 4 nitrogen and oxygen atoms in total. The Labute approximate surface area is 159 Å². The molecule has 2 aliphatic heterocycles.